The molecule has 5 unspecified atom stereocenters. The minimum atomic E-state index is -0.342. The second-order valence-corrected chi connectivity index (χ2v) is 10.0. The van der Waals surface area contributed by atoms with Crippen LogP contribution in [0.15, 0.2) is 41.1 Å². The van der Waals surface area contributed by atoms with Crippen molar-refractivity contribution < 1.29 is 14.7 Å². The summed E-state index contributed by atoms with van der Waals surface area (Å²) in [6.45, 7) is 6.83. The number of carbonyl (C=O) groups is 1. The van der Waals surface area contributed by atoms with Crippen molar-refractivity contribution in [1.29, 1.82) is 0 Å². The molecule has 0 radical (unpaired) electrons. The molecule has 0 bridgehead atoms. The highest BCUT2D eigenvalue weighted by atomic mass is 16.6. The maximum Gasteiger partial charge on any atom is 0.331 e. The van der Waals surface area contributed by atoms with E-state index in [1.807, 2.05) is 0 Å². The number of hydrogen-bond acceptors (Lipinski definition) is 4. The molecule has 1 heterocycles. The lowest BCUT2D eigenvalue weighted by molar-refractivity contribution is -0.167. The molecule has 6 aliphatic rings. The number of carbonyl (C=O) groups excluding carboxylic acids is 1. The number of esters is 1. The number of allylic oxidation sites excluding steroid dienone is 3. The zero-order valence-electron chi connectivity index (χ0n) is 15.9. The second-order valence-electron chi connectivity index (χ2n) is 10.0. The third-order valence-corrected chi connectivity index (χ3v) is 9.19. The van der Waals surface area contributed by atoms with Gasteiger partial charge in [-0.15, -0.1) is 0 Å². The molecule has 0 aromatic heterocycles. The Morgan fingerprint density at radius 2 is 2.15 bits per heavy atom. The third-order valence-electron chi connectivity index (χ3n) is 9.19. The maximum atomic E-state index is 12.0. The summed E-state index contributed by atoms with van der Waals surface area (Å²) in [4.78, 5) is 12.0. The van der Waals surface area contributed by atoms with E-state index in [2.05, 4.69) is 30.8 Å². The van der Waals surface area contributed by atoms with Gasteiger partial charge in [0.05, 0.1) is 5.71 Å². The first kappa shape index (κ1) is 16.1. The predicted molar refractivity (Wildman–Crippen MR) is 101 cm³/mol. The molecule has 0 saturated heterocycles. The van der Waals surface area contributed by atoms with Crippen LogP contribution in [-0.4, -0.2) is 22.5 Å². The topological polar surface area (TPSA) is 58.9 Å². The smallest absolute Gasteiger partial charge is 0.331 e. The lowest BCUT2D eigenvalue weighted by Crippen LogP contribution is -2.55. The van der Waals surface area contributed by atoms with Gasteiger partial charge < -0.3 is 9.94 Å². The van der Waals surface area contributed by atoms with Gasteiger partial charge in [-0.1, -0.05) is 24.2 Å². The fraction of sp³-hybridized carbons (Fsp3) is 0.652. The zero-order chi connectivity index (χ0) is 18.6. The first-order chi connectivity index (χ1) is 13.0. The van der Waals surface area contributed by atoms with Gasteiger partial charge in [-0.05, 0) is 85.8 Å². The molecule has 0 aromatic rings. The van der Waals surface area contributed by atoms with Crippen molar-refractivity contribution in [2.75, 3.05) is 0 Å². The minimum absolute atomic E-state index is 0.0677. The van der Waals surface area contributed by atoms with Gasteiger partial charge in [0.15, 0.2) is 0 Å². The molecule has 27 heavy (non-hydrogen) atoms. The fourth-order valence-electron chi connectivity index (χ4n) is 8.18. The highest BCUT2D eigenvalue weighted by Crippen LogP contribution is 2.77. The molecule has 5 aliphatic carbocycles. The molecule has 4 nitrogen and oxygen atoms in total. The first-order valence-corrected chi connectivity index (χ1v) is 10.5. The number of ether oxygens (including phenoxy) is 1. The van der Waals surface area contributed by atoms with E-state index in [9.17, 15) is 10.0 Å². The van der Waals surface area contributed by atoms with Gasteiger partial charge in [-0.25, -0.2) is 4.79 Å². The Morgan fingerprint density at radius 1 is 1.30 bits per heavy atom. The van der Waals surface area contributed by atoms with Gasteiger partial charge in [-0.2, -0.15) is 0 Å². The monoisotopic (exact) mass is 365 g/mol. The highest BCUT2D eigenvalue weighted by Gasteiger charge is 2.77. The van der Waals surface area contributed by atoms with Gasteiger partial charge >= 0.3 is 5.97 Å². The molecule has 4 saturated carbocycles. The Balaban J connectivity index is 1.39. The molecule has 0 amide bonds. The minimum Gasteiger partial charge on any atom is -0.451 e. The van der Waals surface area contributed by atoms with Crippen molar-refractivity contribution in [3.8, 4) is 0 Å². The van der Waals surface area contributed by atoms with Gasteiger partial charge in [0, 0.05) is 17.4 Å². The summed E-state index contributed by atoms with van der Waals surface area (Å²) < 4.78 is 6.05. The van der Waals surface area contributed by atoms with Crippen LogP contribution in [0.5, 0.6) is 0 Å². The summed E-state index contributed by atoms with van der Waals surface area (Å²) in [7, 11) is 0. The Kier molecular flexibility index (Phi) is 2.96. The predicted octanol–water partition coefficient (Wildman–Crippen LogP) is 4.26. The molecule has 4 fully saturated rings. The number of rotatable bonds is 0. The van der Waals surface area contributed by atoms with Crippen LogP contribution in [0.2, 0.25) is 0 Å². The van der Waals surface area contributed by atoms with E-state index in [-0.39, 0.29) is 17.0 Å². The molecule has 4 heteroatoms. The summed E-state index contributed by atoms with van der Waals surface area (Å²) in [6, 6.07) is 0. The molecule has 8 atom stereocenters. The maximum absolute atomic E-state index is 12.0. The van der Waals surface area contributed by atoms with E-state index in [0.717, 1.165) is 31.4 Å². The molecule has 1 N–H and O–H groups in total. The molecule has 1 spiro atoms. The number of oxime groups is 1. The number of fused-ring (bicyclic) bond motifs is 9. The lowest BCUT2D eigenvalue weighted by Gasteiger charge is -2.57. The van der Waals surface area contributed by atoms with Crippen molar-refractivity contribution in [2.45, 2.75) is 51.0 Å². The van der Waals surface area contributed by atoms with Gasteiger partial charge in [-0.3, -0.25) is 0 Å². The van der Waals surface area contributed by atoms with Crippen molar-refractivity contribution in [3.05, 3.63) is 36.0 Å². The molecule has 142 valence electrons. The van der Waals surface area contributed by atoms with Crippen LogP contribution in [0, 0.1) is 40.9 Å². The Labute approximate surface area is 160 Å². The zero-order valence-corrected chi connectivity index (χ0v) is 15.9. The standard InChI is InChI=1S/C23H27NO3/c1-12-9-17-15(14-4-3-13(24-26)10-16(12)14)5-7-22(2)21(17)18-11-19(18)23(22)8-6-20(25)27-23/h6,8,10,14-15,17-19,21,26H,1,3-5,7,9,11H2,2H3/b24-13+/t14-,15?,17?,18?,19?,21?,22+,23+/m1/s1. The summed E-state index contributed by atoms with van der Waals surface area (Å²) in [5.41, 5.74) is 3.10. The Morgan fingerprint density at radius 3 is 2.89 bits per heavy atom. The van der Waals surface area contributed by atoms with Crippen LogP contribution in [0.25, 0.3) is 0 Å². The molecular formula is C23H27NO3. The van der Waals surface area contributed by atoms with E-state index in [4.69, 9.17) is 4.74 Å². The van der Waals surface area contributed by atoms with Crippen LogP contribution >= 0.6 is 0 Å². The van der Waals surface area contributed by atoms with Gasteiger partial charge in [0.2, 0.25) is 0 Å². The van der Waals surface area contributed by atoms with Gasteiger partial charge in [0.1, 0.15) is 5.60 Å². The van der Waals surface area contributed by atoms with E-state index >= 15 is 0 Å². The van der Waals surface area contributed by atoms with Crippen LogP contribution in [0.4, 0.5) is 0 Å². The first-order valence-electron chi connectivity index (χ1n) is 10.5. The van der Waals surface area contributed by atoms with Crippen molar-refractivity contribution in [3.63, 3.8) is 0 Å². The van der Waals surface area contributed by atoms with E-state index in [1.165, 1.54) is 24.0 Å². The van der Waals surface area contributed by atoms with E-state index in [0.29, 0.717) is 35.5 Å². The lowest BCUT2D eigenvalue weighted by atomic mass is 9.48. The number of hydrogen-bond donors (Lipinski definition) is 1. The van der Waals surface area contributed by atoms with E-state index in [1.54, 1.807) is 6.08 Å². The molecule has 0 aromatic carbocycles. The normalized spacial score (nSPS) is 53.5. The molecular weight excluding hydrogens is 338 g/mol. The average molecular weight is 365 g/mol. The highest BCUT2D eigenvalue weighted by molar-refractivity contribution is 5.96. The van der Waals surface area contributed by atoms with Crippen molar-refractivity contribution in [2.24, 2.45) is 46.1 Å². The Hall–Kier alpha value is -1.84. The van der Waals surface area contributed by atoms with Crippen LogP contribution in [-0.2, 0) is 9.53 Å². The fourth-order valence-corrected chi connectivity index (χ4v) is 8.18. The number of nitrogens with zero attached hydrogens (tertiary/aromatic N) is 1. The van der Waals surface area contributed by atoms with Crippen LogP contribution in [0.3, 0.4) is 0 Å². The van der Waals surface area contributed by atoms with E-state index < -0.39 is 0 Å². The molecule has 1 aliphatic heterocycles. The average Bonchev–Trinajstić information content (AvgIpc) is 3.30. The van der Waals surface area contributed by atoms with Crippen molar-refractivity contribution >= 4 is 11.7 Å². The SMILES string of the molecule is C=C1CC2C(CC[C@@]3(C)C2C2CC2[C@@]32C=CC(=O)O2)[C@H]2CC/C(=N\O)C=C12. The Bertz CT molecular complexity index is 854. The molecule has 6 rings (SSSR count). The van der Waals surface area contributed by atoms with Crippen molar-refractivity contribution in [1.82, 2.24) is 0 Å². The summed E-state index contributed by atoms with van der Waals surface area (Å²) >= 11 is 0. The largest absolute Gasteiger partial charge is 0.451 e. The van der Waals surface area contributed by atoms with Gasteiger partial charge in [0.25, 0.3) is 0 Å². The quantitative estimate of drug-likeness (QED) is 0.396. The summed E-state index contributed by atoms with van der Waals surface area (Å²) in [5, 5.41) is 12.7. The van der Waals surface area contributed by atoms with Crippen LogP contribution in [0.1, 0.15) is 45.4 Å². The second kappa shape index (κ2) is 4.95. The third kappa shape index (κ3) is 1.80. The summed E-state index contributed by atoms with van der Waals surface area (Å²) in [6.07, 6.45) is 12.4. The summed E-state index contributed by atoms with van der Waals surface area (Å²) in [5.74, 6) is 3.61. The van der Waals surface area contributed by atoms with Crippen LogP contribution < -0.4 is 0 Å².